The number of likely N-dealkylation sites (tertiary alicyclic amines) is 2. The Morgan fingerprint density at radius 1 is 1.44 bits per heavy atom. The highest BCUT2D eigenvalue weighted by atomic mass is 16.5. The monoisotopic (exact) mass is 255 g/mol. The van der Waals surface area contributed by atoms with E-state index >= 15 is 0 Å². The van der Waals surface area contributed by atoms with Gasteiger partial charge in [-0.15, -0.1) is 0 Å². The molecule has 0 aromatic carbocycles. The molecule has 0 bridgehead atoms. The predicted octanol–water partition coefficient (Wildman–Crippen LogP) is -0.0972. The van der Waals surface area contributed by atoms with Crippen LogP contribution in [0.3, 0.4) is 0 Å². The van der Waals surface area contributed by atoms with Gasteiger partial charge in [-0.2, -0.15) is 0 Å². The molecule has 3 atom stereocenters. The van der Waals surface area contributed by atoms with E-state index in [1.807, 2.05) is 4.90 Å². The van der Waals surface area contributed by atoms with Gasteiger partial charge in [-0.1, -0.05) is 0 Å². The van der Waals surface area contributed by atoms with Crippen molar-refractivity contribution in [3.8, 4) is 0 Å². The minimum absolute atomic E-state index is 0.0449. The van der Waals surface area contributed by atoms with E-state index in [-0.39, 0.29) is 5.91 Å². The van der Waals surface area contributed by atoms with Gasteiger partial charge in [0.1, 0.15) is 6.04 Å². The Bertz CT molecular complexity index is 298. The number of hydrogen-bond acceptors (Lipinski definition) is 4. The summed E-state index contributed by atoms with van der Waals surface area (Å²) in [4.78, 5) is 16.5. The molecule has 0 aromatic heterocycles. The lowest BCUT2D eigenvalue weighted by Crippen LogP contribution is -2.56. The lowest BCUT2D eigenvalue weighted by Gasteiger charge is -2.46. The number of nitrogens with two attached hydrogens (primary N) is 1. The molecule has 0 aliphatic carbocycles. The Morgan fingerprint density at radius 2 is 2.22 bits per heavy atom. The average molecular weight is 255 g/mol. The lowest BCUT2D eigenvalue weighted by atomic mass is 9.84. The molecule has 18 heavy (non-hydrogen) atoms. The van der Waals surface area contributed by atoms with Crippen molar-refractivity contribution in [2.45, 2.75) is 31.3 Å². The molecule has 2 fully saturated rings. The number of ether oxygens (including phenoxy) is 1. The van der Waals surface area contributed by atoms with Crippen molar-refractivity contribution in [2.24, 2.45) is 11.7 Å². The Hall–Kier alpha value is -0.650. The van der Waals surface area contributed by atoms with Crippen LogP contribution in [0.1, 0.15) is 19.3 Å². The fourth-order valence-electron chi connectivity index (χ4n) is 3.34. The van der Waals surface area contributed by atoms with Gasteiger partial charge >= 0.3 is 0 Å². The SMILES string of the molecule is COCC(N)C(=O)N1CCC2C(CCCN2C)C1. The van der Waals surface area contributed by atoms with Gasteiger partial charge in [0, 0.05) is 26.2 Å². The molecule has 104 valence electrons. The van der Waals surface area contributed by atoms with E-state index in [1.54, 1.807) is 7.11 Å². The molecule has 1 amide bonds. The van der Waals surface area contributed by atoms with E-state index in [1.165, 1.54) is 19.4 Å². The molecular weight excluding hydrogens is 230 g/mol. The average Bonchev–Trinajstić information content (AvgIpc) is 2.38. The van der Waals surface area contributed by atoms with E-state index in [4.69, 9.17) is 10.5 Å². The number of nitrogens with zero attached hydrogens (tertiary/aromatic N) is 2. The third-order valence-corrected chi connectivity index (χ3v) is 4.32. The number of piperidine rings is 2. The molecule has 0 spiro atoms. The van der Waals surface area contributed by atoms with Crippen molar-refractivity contribution in [3.63, 3.8) is 0 Å². The first-order chi connectivity index (χ1) is 8.63. The first kappa shape index (κ1) is 13.8. The fourth-order valence-corrected chi connectivity index (χ4v) is 3.34. The Labute approximate surface area is 109 Å². The molecule has 5 heteroatoms. The van der Waals surface area contributed by atoms with Crippen LogP contribution in [-0.4, -0.2) is 68.2 Å². The first-order valence-electron chi connectivity index (χ1n) is 6.87. The summed E-state index contributed by atoms with van der Waals surface area (Å²) in [5, 5.41) is 0. The molecule has 0 aromatic rings. The van der Waals surface area contributed by atoms with Crippen molar-refractivity contribution in [3.05, 3.63) is 0 Å². The normalized spacial score (nSPS) is 30.9. The summed E-state index contributed by atoms with van der Waals surface area (Å²) in [5.74, 6) is 0.666. The van der Waals surface area contributed by atoms with E-state index in [2.05, 4.69) is 11.9 Å². The van der Waals surface area contributed by atoms with Crippen LogP contribution in [0.5, 0.6) is 0 Å². The zero-order valence-electron chi connectivity index (χ0n) is 11.5. The molecule has 2 aliphatic rings. The number of rotatable bonds is 3. The predicted molar refractivity (Wildman–Crippen MR) is 70.2 cm³/mol. The smallest absolute Gasteiger partial charge is 0.241 e. The molecule has 2 rings (SSSR count). The summed E-state index contributed by atoms with van der Waals surface area (Å²) < 4.78 is 4.96. The van der Waals surface area contributed by atoms with E-state index in [9.17, 15) is 4.79 Å². The third kappa shape index (κ3) is 2.84. The van der Waals surface area contributed by atoms with Gasteiger partial charge in [-0.05, 0) is 38.8 Å². The van der Waals surface area contributed by atoms with Crippen LogP contribution < -0.4 is 5.73 Å². The van der Waals surface area contributed by atoms with E-state index in [0.717, 1.165) is 19.5 Å². The Morgan fingerprint density at radius 3 is 2.94 bits per heavy atom. The molecule has 5 nitrogen and oxygen atoms in total. The van der Waals surface area contributed by atoms with Crippen LogP contribution in [0.15, 0.2) is 0 Å². The molecule has 2 saturated heterocycles. The second kappa shape index (κ2) is 5.99. The minimum atomic E-state index is -0.507. The van der Waals surface area contributed by atoms with Gasteiger partial charge in [-0.25, -0.2) is 0 Å². The van der Waals surface area contributed by atoms with Crippen molar-refractivity contribution in [1.29, 1.82) is 0 Å². The zero-order valence-corrected chi connectivity index (χ0v) is 11.5. The van der Waals surface area contributed by atoms with Crippen LogP contribution in [0, 0.1) is 5.92 Å². The number of hydrogen-bond donors (Lipinski definition) is 1. The highest BCUT2D eigenvalue weighted by Gasteiger charge is 2.36. The fraction of sp³-hybridized carbons (Fsp3) is 0.923. The van der Waals surface area contributed by atoms with Gasteiger partial charge in [0.15, 0.2) is 0 Å². The summed E-state index contributed by atoms with van der Waals surface area (Å²) in [7, 11) is 3.78. The van der Waals surface area contributed by atoms with E-state index in [0.29, 0.717) is 18.6 Å². The van der Waals surface area contributed by atoms with Crippen LogP contribution in [0.25, 0.3) is 0 Å². The van der Waals surface area contributed by atoms with Gasteiger partial charge in [0.2, 0.25) is 5.91 Å². The van der Waals surface area contributed by atoms with Crippen molar-refractivity contribution >= 4 is 5.91 Å². The molecule has 2 heterocycles. The van der Waals surface area contributed by atoms with Gasteiger partial charge < -0.3 is 20.3 Å². The second-order valence-electron chi connectivity index (χ2n) is 5.59. The van der Waals surface area contributed by atoms with Crippen molar-refractivity contribution in [1.82, 2.24) is 9.80 Å². The van der Waals surface area contributed by atoms with Gasteiger partial charge in [0.25, 0.3) is 0 Å². The van der Waals surface area contributed by atoms with Gasteiger partial charge in [0.05, 0.1) is 6.61 Å². The van der Waals surface area contributed by atoms with E-state index < -0.39 is 6.04 Å². The summed E-state index contributed by atoms with van der Waals surface area (Å²) in [6, 6.07) is 0.148. The maximum absolute atomic E-state index is 12.2. The van der Waals surface area contributed by atoms with Crippen LogP contribution in [-0.2, 0) is 9.53 Å². The Kier molecular flexibility index (Phi) is 4.59. The number of carbonyl (C=O) groups excluding carboxylic acids is 1. The highest BCUT2D eigenvalue weighted by Crippen LogP contribution is 2.29. The zero-order chi connectivity index (χ0) is 13.1. The maximum Gasteiger partial charge on any atom is 0.241 e. The quantitative estimate of drug-likeness (QED) is 0.765. The summed E-state index contributed by atoms with van der Waals surface area (Å²) in [6.07, 6.45) is 3.55. The maximum atomic E-state index is 12.2. The van der Waals surface area contributed by atoms with Crippen molar-refractivity contribution in [2.75, 3.05) is 40.4 Å². The largest absolute Gasteiger partial charge is 0.383 e. The highest BCUT2D eigenvalue weighted by molar-refractivity contribution is 5.81. The van der Waals surface area contributed by atoms with Crippen LogP contribution >= 0.6 is 0 Å². The van der Waals surface area contributed by atoms with Gasteiger partial charge in [-0.3, -0.25) is 4.79 Å². The number of amides is 1. The third-order valence-electron chi connectivity index (χ3n) is 4.32. The number of carbonyl (C=O) groups is 1. The number of fused-ring (bicyclic) bond motifs is 1. The number of methoxy groups -OCH3 is 1. The second-order valence-corrected chi connectivity index (χ2v) is 5.59. The van der Waals surface area contributed by atoms with Crippen LogP contribution in [0.2, 0.25) is 0 Å². The summed E-state index contributed by atoms with van der Waals surface area (Å²) in [6.45, 7) is 3.20. The molecule has 2 aliphatic heterocycles. The molecule has 3 unspecified atom stereocenters. The first-order valence-corrected chi connectivity index (χ1v) is 6.87. The molecule has 0 saturated carbocycles. The summed E-state index contributed by atoms with van der Waals surface area (Å²) >= 11 is 0. The minimum Gasteiger partial charge on any atom is -0.383 e. The summed E-state index contributed by atoms with van der Waals surface area (Å²) in [5.41, 5.74) is 5.83. The standard InChI is InChI=1S/C13H25N3O2/c1-15-6-3-4-10-8-16(7-5-12(10)15)13(17)11(14)9-18-2/h10-12H,3-9,14H2,1-2H3. The molecule has 2 N–H and O–H groups in total. The molecule has 0 radical (unpaired) electrons. The topological polar surface area (TPSA) is 58.8 Å². The lowest BCUT2D eigenvalue weighted by molar-refractivity contribution is -0.137. The Balaban J connectivity index is 1.92. The molecular formula is C13H25N3O2. The van der Waals surface area contributed by atoms with Crippen LogP contribution in [0.4, 0.5) is 0 Å². The van der Waals surface area contributed by atoms with Crippen molar-refractivity contribution < 1.29 is 9.53 Å².